The Morgan fingerprint density at radius 3 is 2.30 bits per heavy atom. The fourth-order valence-corrected chi connectivity index (χ4v) is 2.96. The van der Waals surface area contributed by atoms with Crippen LogP contribution in [-0.2, 0) is 14.9 Å². The van der Waals surface area contributed by atoms with Crippen molar-refractivity contribution in [1.29, 1.82) is 0 Å². The van der Waals surface area contributed by atoms with Crippen LogP contribution >= 0.6 is 0 Å². The van der Waals surface area contributed by atoms with E-state index in [4.69, 9.17) is 5.11 Å². The van der Waals surface area contributed by atoms with Gasteiger partial charge < -0.3 is 14.2 Å². The highest BCUT2D eigenvalue weighted by molar-refractivity contribution is 7.88. The predicted octanol–water partition coefficient (Wildman–Crippen LogP) is 3.88. The molecule has 0 saturated carbocycles. The smallest absolute Gasteiger partial charge is 0.481 e. The molecular weight excluding hydrogens is 427 g/mol. The summed E-state index contributed by atoms with van der Waals surface area (Å²) in [6.45, 7) is 0.470. The molecule has 0 fully saturated rings. The predicted molar refractivity (Wildman–Crippen MR) is 102 cm³/mol. The minimum Gasteiger partial charge on any atom is -0.481 e. The monoisotopic (exact) mass is 447 g/mol. The first-order valence-electron chi connectivity index (χ1n) is 8.97. The lowest BCUT2D eigenvalue weighted by molar-refractivity contribution is -0.137. The first-order valence-corrected chi connectivity index (χ1v) is 10.4. The molecule has 0 aromatic carbocycles. The van der Waals surface area contributed by atoms with Crippen LogP contribution in [-0.4, -0.2) is 41.5 Å². The summed E-state index contributed by atoms with van der Waals surface area (Å²) in [6, 6.07) is 7.62. The molecule has 0 bridgehead atoms. The summed E-state index contributed by atoms with van der Waals surface area (Å²) in [5, 5.41) is 8.66. The summed E-state index contributed by atoms with van der Waals surface area (Å²) < 4.78 is 63.6. The Morgan fingerprint density at radius 1 is 1.03 bits per heavy atom. The van der Waals surface area contributed by atoms with E-state index in [1.54, 1.807) is 29.3 Å². The van der Waals surface area contributed by atoms with Crippen molar-refractivity contribution in [3.8, 4) is 5.75 Å². The van der Waals surface area contributed by atoms with E-state index in [1.807, 2.05) is 0 Å². The van der Waals surface area contributed by atoms with Crippen molar-refractivity contribution >= 4 is 27.7 Å². The summed E-state index contributed by atoms with van der Waals surface area (Å²) in [4.78, 5) is 20.5. The lowest BCUT2D eigenvalue weighted by Crippen LogP contribution is -2.28. The average molecular weight is 447 g/mol. The highest BCUT2D eigenvalue weighted by Crippen LogP contribution is 2.28. The van der Waals surface area contributed by atoms with Crippen LogP contribution in [0.15, 0.2) is 42.7 Å². The van der Waals surface area contributed by atoms with Gasteiger partial charge >= 0.3 is 21.6 Å². The van der Waals surface area contributed by atoms with Gasteiger partial charge in [0.2, 0.25) is 0 Å². The van der Waals surface area contributed by atoms with Crippen molar-refractivity contribution in [2.45, 2.75) is 37.6 Å². The zero-order valence-corrected chi connectivity index (χ0v) is 16.6. The van der Waals surface area contributed by atoms with E-state index in [9.17, 15) is 26.4 Å². The minimum absolute atomic E-state index is 0.105. The number of rotatable bonds is 11. The van der Waals surface area contributed by atoms with Crippen molar-refractivity contribution in [2.75, 3.05) is 11.4 Å². The maximum Gasteiger partial charge on any atom is 0.534 e. The molecule has 0 aliphatic carbocycles. The summed E-state index contributed by atoms with van der Waals surface area (Å²) in [7, 11) is -5.77. The van der Waals surface area contributed by atoms with Gasteiger partial charge in [0.25, 0.3) is 0 Å². The van der Waals surface area contributed by atoms with E-state index >= 15 is 0 Å². The molecule has 0 radical (unpaired) electrons. The lowest BCUT2D eigenvalue weighted by Gasteiger charge is -2.23. The van der Waals surface area contributed by atoms with E-state index < -0.39 is 27.3 Å². The fraction of sp³-hybridized carbons (Fsp3) is 0.389. The van der Waals surface area contributed by atoms with E-state index in [1.165, 1.54) is 6.07 Å². The number of carbonyl (C=O) groups is 1. The van der Waals surface area contributed by atoms with Crippen LogP contribution in [0.4, 0.5) is 24.8 Å². The van der Waals surface area contributed by atoms with Crippen LogP contribution in [0.25, 0.3) is 0 Å². The molecule has 1 N–H and O–H groups in total. The minimum atomic E-state index is -5.77. The number of hydrogen-bond donors (Lipinski definition) is 1. The summed E-state index contributed by atoms with van der Waals surface area (Å²) in [6.07, 6.45) is 5.33. The standard InChI is InChI=1S/C18H20F3N3O5S/c19-18(20,21)30(27,28)29-14-9-10-16(23-13-14)24(15-7-4-5-11-22-15)12-6-2-1-3-8-17(25)26/h4-5,7,9-11,13H,1-3,6,8,12H2,(H,25,26). The van der Waals surface area contributed by atoms with Gasteiger partial charge in [-0.1, -0.05) is 18.9 Å². The van der Waals surface area contributed by atoms with Gasteiger partial charge in [-0.25, -0.2) is 9.97 Å². The van der Waals surface area contributed by atoms with Crippen LogP contribution < -0.4 is 9.08 Å². The number of halogens is 3. The molecule has 30 heavy (non-hydrogen) atoms. The maximum atomic E-state index is 12.4. The summed E-state index contributed by atoms with van der Waals surface area (Å²) in [5.41, 5.74) is -5.54. The molecule has 0 atom stereocenters. The molecule has 2 heterocycles. The molecular formula is C18H20F3N3O5S. The van der Waals surface area contributed by atoms with Gasteiger partial charge in [-0.05, 0) is 37.1 Å². The van der Waals surface area contributed by atoms with Crippen molar-refractivity contribution < 1.29 is 35.7 Å². The van der Waals surface area contributed by atoms with Crippen molar-refractivity contribution in [3.63, 3.8) is 0 Å². The molecule has 164 valence electrons. The van der Waals surface area contributed by atoms with E-state index in [-0.39, 0.29) is 6.42 Å². The molecule has 0 spiro atoms. The maximum absolute atomic E-state index is 12.4. The van der Waals surface area contributed by atoms with E-state index in [0.717, 1.165) is 25.1 Å². The van der Waals surface area contributed by atoms with Crippen LogP contribution in [0.3, 0.4) is 0 Å². The molecule has 8 nitrogen and oxygen atoms in total. The Labute approximate surface area is 171 Å². The topological polar surface area (TPSA) is 110 Å². The van der Waals surface area contributed by atoms with Crippen molar-refractivity contribution in [2.24, 2.45) is 0 Å². The number of alkyl halides is 3. The number of pyridine rings is 2. The Kier molecular flexibility index (Phi) is 7.98. The molecule has 0 saturated heterocycles. The SMILES string of the molecule is O=C(O)CCCCCCN(c1ccccn1)c1ccc(OS(=O)(=O)C(F)(F)F)cn1. The molecule has 2 aromatic heterocycles. The van der Waals surface area contributed by atoms with Gasteiger partial charge in [-0.15, -0.1) is 0 Å². The van der Waals surface area contributed by atoms with Crippen LogP contribution in [0, 0.1) is 0 Å². The zero-order chi connectivity index (χ0) is 22.2. The molecule has 2 rings (SSSR count). The van der Waals surface area contributed by atoms with Gasteiger partial charge in [0.05, 0.1) is 6.20 Å². The summed E-state index contributed by atoms with van der Waals surface area (Å²) >= 11 is 0. The Balaban J connectivity index is 2.08. The van der Waals surface area contributed by atoms with Crippen LogP contribution in [0.2, 0.25) is 0 Å². The quantitative estimate of drug-likeness (QED) is 0.314. The third-order valence-corrected chi connectivity index (χ3v) is 4.91. The molecule has 12 heteroatoms. The molecule has 0 unspecified atom stereocenters. The second-order valence-corrected chi connectivity index (χ2v) is 7.77. The fourth-order valence-electron chi connectivity index (χ4n) is 2.51. The average Bonchev–Trinajstić information content (AvgIpc) is 2.67. The number of aromatic nitrogens is 2. The first-order chi connectivity index (χ1) is 14.1. The van der Waals surface area contributed by atoms with Crippen LogP contribution in [0.5, 0.6) is 5.75 Å². The van der Waals surface area contributed by atoms with E-state index in [0.29, 0.717) is 31.0 Å². The van der Waals surface area contributed by atoms with Gasteiger partial charge in [-0.2, -0.15) is 21.6 Å². The van der Waals surface area contributed by atoms with Gasteiger partial charge in [-0.3, -0.25) is 4.79 Å². The normalized spacial score (nSPS) is 11.8. The second kappa shape index (κ2) is 10.2. The van der Waals surface area contributed by atoms with Gasteiger partial charge in [0.1, 0.15) is 11.6 Å². The number of nitrogens with zero attached hydrogens (tertiary/aromatic N) is 3. The third kappa shape index (κ3) is 6.87. The zero-order valence-electron chi connectivity index (χ0n) is 15.7. The lowest BCUT2D eigenvalue weighted by atomic mass is 10.1. The number of hydrogen-bond acceptors (Lipinski definition) is 7. The number of carboxylic acids is 1. The number of carboxylic acid groups (broad SMARTS) is 1. The van der Waals surface area contributed by atoms with Crippen molar-refractivity contribution in [1.82, 2.24) is 9.97 Å². The Bertz CT molecular complexity index is 922. The molecule has 0 aliphatic heterocycles. The number of aliphatic carboxylic acids is 1. The largest absolute Gasteiger partial charge is 0.534 e. The first kappa shape index (κ1) is 23.4. The summed E-state index contributed by atoms with van der Waals surface area (Å²) in [5.74, 6) is -0.516. The highest BCUT2D eigenvalue weighted by Gasteiger charge is 2.48. The van der Waals surface area contributed by atoms with Crippen molar-refractivity contribution in [3.05, 3.63) is 42.7 Å². The number of unbranched alkanes of at least 4 members (excludes halogenated alkanes) is 3. The van der Waals surface area contributed by atoms with Gasteiger partial charge in [0.15, 0.2) is 5.75 Å². The highest BCUT2D eigenvalue weighted by atomic mass is 32.2. The molecule has 0 aliphatic rings. The molecule has 0 amide bonds. The number of anilines is 2. The van der Waals surface area contributed by atoms with Gasteiger partial charge in [0, 0.05) is 19.2 Å². The Hall–Kier alpha value is -2.89. The Morgan fingerprint density at radius 2 is 1.73 bits per heavy atom. The molecule has 2 aromatic rings. The second-order valence-electron chi connectivity index (χ2n) is 6.23. The third-order valence-electron chi connectivity index (χ3n) is 3.93. The van der Waals surface area contributed by atoms with Crippen LogP contribution in [0.1, 0.15) is 32.1 Å². The van der Waals surface area contributed by atoms with E-state index in [2.05, 4.69) is 14.2 Å².